The van der Waals surface area contributed by atoms with E-state index in [9.17, 15) is 13.2 Å². The number of benzene rings is 2. The summed E-state index contributed by atoms with van der Waals surface area (Å²) >= 11 is 11.9. The van der Waals surface area contributed by atoms with E-state index in [1.54, 1.807) is 25.3 Å². The molecule has 0 aromatic heterocycles. The molecule has 1 saturated heterocycles. The molecule has 0 atom stereocenters. The number of sulfonamides is 1. The van der Waals surface area contributed by atoms with Crippen molar-refractivity contribution in [3.8, 4) is 5.75 Å². The maximum Gasteiger partial charge on any atom is 0.223 e. The Balaban J connectivity index is 1.42. The fourth-order valence-corrected chi connectivity index (χ4v) is 5.68. The van der Waals surface area contributed by atoms with Crippen molar-refractivity contribution in [3.63, 3.8) is 0 Å². The Hall–Kier alpha value is -1.80. The molecule has 0 spiro atoms. The van der Waals surface area contributed by atoms with Crippen LogP contribution in [0.1, 0.15) is 30.4 Å². The van der Waals surface area contributed by atoms with Crippen LogP contribution in [-0.2, 0) is 27.0 Å². The van der Waals surface area contributed by atoms with Gasteiger partial charge in [-0.15, -0.1) is 0 Å². The Morgan fingerprint density at radius 1 is 1.09 bits per heavy atom. The van der Waals surface area contributed by atoms with E-state index in [2.05, 4.69) is 5.32 Å². The fraction of sp³-hybridized carbons (Fsp3) is 0.435. The normalized spacial score (nSPS) is 15.5. The second-order valence-corrected chi connectivity index (χ2v) is 10.7. The van der Waals surface area contributed by atoms with Crippen molar-refractivity contribution in [2.45, 2.75) is 31.4 Å². The van der Waals surface area contributed by atoms with Crippen LogP contribution in [0.2, 0.25) is 10.0 Å². The summed E-state index contributed by atoms with van der Waals surface area (Å²) in [5.41, 5.74) is 1.76. The largest absolute Gasteiger partial charge is 0.497 e. The first kappa shape index (κ1) is 24.8. The summed E-state index contributed by atoms with van der Waals surface area (Å²) in [7, 11) is -1.84. The first-order chi connectivity index (χ1) is 15.3. The molecule has 32 heavy (non-hydrogen) atoms. The van der Waals surface area contributed by atoms with Crippen molar-refractivity contribution in [3.05, 3.63) is 63.6 Å². The summed E-state index contributed by atoms with van der Waals surface area (Å²) in [6, 6.07) is 12.7. The maximum atomic E-state index is 12.8. The van der Waals surface area contributed by atoms with E-state index in [0.717, 1.165) is 18.6 Å². The zero-order valence-corrected chi connectivity index (χ0v) is 20.3. The van der Waals surface area contributed by atoms with E-state index in [0.29, 0.717) is 48.1 Å². The molecule has 1 aliphatic heterocycles. The average molecular weight is 499 g/mol. The van der Waals surface area contributed by atoms with Gasteiger partial charge >= 0.3 is 0 Å². The fourth-order valence-electron chi connectivity index (χ4n) is 3.80. The van der Waals surface area contributed by atoms with Crippen LogP contribution in [0.4, 0.5) is 0 Å². The lowest BCUT2D eigenvalue weighted by Gasteiger charge is -2.30. The third-order valence-electron chi connectivity index (χ3n) is 5.63. The molecular weight excluding hydrogens is 471 g/mol. The Kier molecular flexibility index (Phi) is 8.82. The van der Waals surface area contributed by atoms with Gasteiger partial charge < -0.3 is 10.1 Å². The highest BCUT2D eigenvalue weighted by Gasteiger charge is 2.31. The first-order valence-corrected chi connectivity index (χ1v) is 13.0. The van der Waals surface area contributed by atoms with Crippen molar-refractivity contribution in [2.75, 3.05) is 26.7 Å². The predicted octanol–water partition coefficient (Wildman–Crippen LogP) is 4.29. The second kappa shape index (κ2) is 11.4. The minimum atomic E-state index is -3.48. The first-order valence-electron chi connectivity index (χ1n) is 10.6. The molecule has 1 aliphatic rings. The van der Waals surface area contributed by atoms with Crippen LogP contribution in [0.25, 0.3) is 0 Å². The molecule has 0 unspecified atom stereocenters. The highest BCUT2D eigenvalue weighted by molar-refractivity contribution is 7.88. The van der Waals surface area contributed by atoms with Gasteiger partial charge in [-0.25, -0.2) is 12.7 Å². The summed E-state index contributed by atoms with van der Waals surface area (Å²) < 4.78 is 32.2. The summed E-state index contributed by atoms with van der Waals surface area (Å²) in [6.07, 6.45) is 2.71. The standard InChI is InChI=1S/C23H28Cl2N2O4S/c1-31-20-6-2-4-17(14-20)5-3-11-26-23(28)19-9-12-27(13-10-19)32(29,30)16-18-7-8-21(24)22(25)15-18/h2,4,6-8,14-15,19H,3,5,9-13,16H2,1H3,(H,26,28). The van der Waals surface area contributed by atoms with Crippen LogP contribution >= 0.6 is 23.2 Å². The Bertz CT molecular complexity index is 1040. The minimum Gasteiger partial charge on any atom is -0.497 e. The van der Waals surface area contributed by atoms with E-state index >= 15 is 0 Å². The second-order valence-electron chi connectivity index (χ2n) is 7.92. The third kappa shape index (κ3) is 6.85. The molecular formula is C23H28Cl2N2O4S. The molecule has 9 heteroatoms. The molecule has 6 nitrogen and oxygen atoms in total. The van der Waals surface area contributed by atoms with Crippen LogP contribution in [0.15, 0.2) is 42.5 Å². The number of carbonyl (C=O) groups is 1. The van der Waals surface area contributed by atoms with Crippen molar-refractivity contribution in [1.29, 1.82) is 0 Å². The Labute approximate surface area is 199 Å². The molecule has 0 saturated carbocycles. The van der Waals surface area contributed by atoms with Gasteiger partial charge in [0.15, 0.2) is 0 Å². The quantitative estimate of drug-likeness (QED) is 0.523. The number of hydrogen-bond donors (Lipinski definition) is 1. The highest BCUT2D eigenvalue weighted by atomic mass is 35.5. The topological polar surface area (TPSA) is 75.7 Å². The molecule has 0 aliphatic carbocycles. The number of halogens is 2. The monoisotopic (exact) mass is 498 g/mol. The van der Waals surface area contributed by atoms with Gasteiger partial charge in [0.05, 0.1) is 22.9 Å². The van der Waals surface area contributed by atoms with Gasteiger partial charge in [0.2, 0.25) is 15.9 Å². The van der Waals surface area contributed by atoms with Gasteiger partial charge in [-0.2, -0.15) is 0 Å². The van der Waals surface area contributed by atoms with Gasteiger partial charge in [0.1, 0.15) is 5.75 Å². The van der Waals surface area contributed by atoms with E-state index in [1.807, 2.05) is 24.3 Å². The predicted molar refractivity (Wildman–Crippen MR) is 128 cm³/mol. The Morgan fingerprint density at radius 2 is 1.84 bits per heavy atom. The summed E-state index contributed by atoms with van der Waals surface area (Å²) in [6.45, 7) is 1.27. The minimum absolute atomic E-state index is 0.00262. The molecule has 0 bridgehead atoms. The summed E-state index contributed by atoms with van der Waals surface area (Å²) in [5.74, 6) is 0.526. The van der Waals surface area contributed by atoms with E-state index in [4.69, 9.17) is 27.9 Å². The SMILES string of the molecule is COc1cccc(CCCNC(=O)C2CCN(S(=O)(=O)Cc3ccc(Cl)c(Cl)c3)CC2)c1. The molecule has 1 fully saturated rings. The van der Waals surface area contributed by atoms with Gasteiger partial charge in [0.25, 0.3) is 0 Å². The van der Waals surface area contributed by atoms with E-state index in [-0.39, 0.29) is 17.6 Å². The summed E-state index contributed by atoms with van der Waals surface area (Å²) in [5, 5.41) is 3.72. The van der Waals surface area contributed by atoms with E-state index < -0.39 is 10.0 Å². The van der Waals surface area contributed by atoms with Crippen molar-refractivity contribution in [2.24, 2.45) is 5.92 Å². The number of methoxy groups -OCH3 is 1. The molecule has 174 valence electrons. The molecule has 3 rings (SSSR count). The van der Waals surface area contributed by atoms with Crippen LogP contribution in [0.5, 0.6) is 5.75 Å². The van der Waals surface area contributed by atoms with Crippen LogP contribution in [0.3, 0.4) is 0 Å². The third-order valence-corrected chi connectivity index (χ3v) is 8.22. The number of nitrogens with one attached hydrogen (secondary N) is 1. The van der Waals surface area contributed by atoms with Crippen LogP contribution < -0.4 is 10.1 Å². The van der Waals surface area contributed by atoms with Gasteiger partial charge in [-0.1, -0.05) is 41.4 Å². The molecule has 2 aromatic rings. The number of carbonyl (C=O) groups excluding carboxylic acids is 1. The lowest BCUT2D eigenvalue weighted by atomic mass is 9.97. The number of aryl methyl sites for hydroxylation is 1. The molecule has 0 radical (unpaired) electrons. The Morgan fingerprint density at radius 3 is 2.53 bits per heavy atom. The van der Waals surface area contributed by atoms with Crippen molar-refractivity contribution < 1.29 is 17.9 Å². The number of hydrogen-bond acceptors (Lipinski definition) is 4. The highest BCUT2D eigenvalue weighted by Crippen LogP contribution is 2.26. The lowest BCUT2D eigenvalue weighted by molar-refractivity contribution is -0.126. The molecule has 1 heterocycles. The number of piperidine rings is 1. The molecule has 2 aromatic carbocycles. The number of rotatable bonds is 9. The van der Waals surface area contributed by atoms with Gasteiger partial charge in [-0.05, 0) is 61.1 Å². The molecule has 1 amide bonds. The summed E-state index contributed by atoms with van der Waals surface area (Å²) in [4.78, 5) is 12.5. The number of nitrogens with zero attached hydrogens (tertiary/aromatic N) is 1. The number of ether oxygens (including phenoxy) is 1. The molecule has 1 N–H and O–H groups in total. The lowest BCUT2D eigenvalue weighted by Crippen LogP contribution is -2.43. The van der Waals surface area contributed by atoms with Crippen LogP contribution in [-0.4, -0.2) is 45.4 Å². The van der Waals surface area contributed by atoms with E-state index in [1.165, 1.54) is 9.87 Å². The van der Waals surface area contributed by atoms with Crippen molar-refractivity contribution in [1.82, 2.24) is 9.62 Å². The van der Waals surface area contributed by atoms with Gasteiger partial charge in [-0.3, -0.25) is 4.79 Å². The number of amides is 1. The zero-order valence-electron chi connectivity index (χ0n) is 18.0. The zero-order chi connectivity index (χ0) is 23.1. The van der Waals surface area contributed by atoms with Gasteiger partial charge in [0, 0.05) is 25.6 Å². The van der Waals surface area contributed by atoms with Crippen molar-refractivity contribution >= 4 is 39.1 Å². The van der Waals surface area contributed by atoms with Crippen LogP contribution in [0, 0.1) is 5.92 Å². The maximum absolute atomic E-state index is 12.8. The average Bonchev–Trinajstić information content (AvgIpc) is 2.79. The smallest absolute Gasteiger partial charge is 0.223 e.